The number of benzene rings is 2. The van der Waals surface area contributed by atoms with Crippen molar-refractivity contribution in [2.45, 2.75) is 49.3 Å². The Morgan fingerprint density at radius 3 is 1.16 bits per heavy atom. The third-order valence-corrected chi connectivity index (χ3v) is 4.49. The highest BCUT2D eigenvalue weighted by molar-refractivity contribution is 7.78. The molecule has 0 aliphatic carbocycles. The van der Waals surface area contributed by atoms with Crippen LogP contribution in [0.2, 0.25) is 0 Å². The molecule has 0 amide bonds. The predicted octanol–water partition coefficient (Wildman–Crippen LogP) is 5.17. The molecule has 0 nitrogen and oxygen atoms in total. The fourth-order valence-corrected chi connectivity index (χ4v) is 2.91. The zero-order valence-corrected chi connectivity index (χ0v) is 13.1. The van der Waals surface area contributed by atoms with Crippen LogP contribution in [-0.2, 0) is 11.8 Å². The van der Waals surface area contributed by atoms with Crippen LogP contribution < -0.4 is 0 Å². The van der Waals surface area contributed by atoms with Crippen molar-refractivity contribution >= 4 is 11.8 Å². The van der Waals surface area contributed by atoms with Crippen molar-refractivity contribution in [2.75, 3.05) is 0 Å². The van der Waals surface area contributed by atoms with Gasteiger partial charge in [0.05, 0.1) is 0 Å². The van der Waals surface area contributed by atoms with Gasteiger partial charge >= 0.3 is 0 Å². The maximum atomic E-state index is 2.25. The van der Waals surface area contributed by atoms with Gasteiger partial charge in [-0.2, -0.15) is 0 Å². The molecule has 0 aliphatic heterocycles. The first-order valence-electron chi connectivity index (χ1n) is 6.98. The molecule has 0 unspecified atom stereocenters. The van der Waals surface area contributed by atoms with Gasteiger partial charge in [0, 0.05) is 11.8 Å². The summed E-state index contributed by atoms with van der Waals surface area (Å²) in [6.45, 7) is 8.93. The first kappa shape index (κ1) is 14.2. The lowest BCUT2D eigenvalue weighted by Crippen LogP contribution is -1.91. The Hall–Kier alpha value is -1.21. The van der Waals surface area contributed by atoms with E-state index in [2.05, 4.69) is 76.2 Å². The SMILES string of the molecule is CC(C)c1ccc([SH+]c2ccc(C(C)C)cc2)cc1. The van der Waals surface area contributed by atoms with E-state index in [1.165, 1.54) is 32.7 Å². The highest BCUT2D eigenvalue weighted by Gasteiger charge is 2.08. The lowest BCUT2D eigenvalue weighted by Gasteiger charge is -2.05. The summed E-state index contributed by atoms with van der Waals surface area (Å²) in [7, 11) is 0. The van der Waals surface area contributed by atoms with Crippen molar-refractivity contribution in [3.63, 3.8) is 0 Å². The molecule has 2 rings (SSSR count). The van der Waals surface area contributed by atoms with E-state index in [4.69, 9.17) is 0 Å². The molecule has 100 valence electrons. The van der Waals surface area contributed by atoms with Crippen molar-refractivity contribution in [1.29, 1.82) is 0 Å². The van der Waals surface area contributed by atoms with Crippen molar-refractivity contribution in [2.24, 2.45) is 0 Å². The summed E-state index contributed by atoms with van der Waals surface area (Å²) in [5, 5.41) is 0. The number of hydrogen-bond donors (Lipinski definition) is 0. The summed E-state index contributed by atoms with van der Waals surface area (Å²) in [4.78, 5) is 2.73. The Labute approximate surface area is 121 Å². The second-order valence-corrected chi connectivity index (χ2v) is 6.86. The third kappa shape index (κ3) is 3.87. The van der Waals surface area contributed by atoms with Gasteiger partial charge in [0.15, 0.2) is 9.79 Å². The Morgan fingerprint density at radius 1 is 0.579 bits per heavy atom. The Morgan fingerprint density at radius 2 is 0.895 bits per heavy atom. The molecular formula is C18H23S+. The fraction of sp³-hybridized carbons (Fsp3) is 0.333. The Kier molecular flexibility index (Phi) is 4.71. The smallest absolute Gasteiger partial charge is 0.0587 e. The zero-order valence-electron chi connectivity index (χ0n) is 12.2. The predicted molar refractivity (Wildman–Crippen MR) is 86.4 cm³/mol. The zero-order chi connectivity index (χ0) is 13.8. The van der Waals surface area contributed by atoms with Crippen LogP contribution in [0.15, 0.2) is 58.3 Å². The largest absolute Gasteiger partial charge is 0.158 e. The van der Waals surface area contributed by atoms with Crippen LogP contribution in [0.3, 0.4) is 0 Å². The van der Waals surface area contributed by atoms with Gasteiger partial charge in [0.2, 0.25) is 0 Å². The number of rotatable bonds is 4. The maximum absolute atomic E-state index is 2.25. The van der Waals surface area contributed by atoms with Gasteiger partial charge < -0.3 is 0 Å². The quantitative estimate of drug-likeness (QED) is 0.532. The van der Waals surface area contributed by atoms with Gasteiger partial charge in [-0.15, -0.1) is 0 Å². The molecule has 0 N–H and O–H groups in total. The lowest BCUT2D eigenvalue weighted by molar-refractivity contribution is 0.864. The summed E-state index contributed by atoms with van der Waals surface area (Å²) in [5.74, 6) is 1.21. The van der Waals surface area contributed by atoms with Gasteiger partial charge in [-0.05, 0) is 47.2 Å². The molecule has 0 saturated carbocycles. The van der Waals surface area contributed by atoms with Crippen LogP contribution >= 0.6 is 0 Å². The lowest BCUT2D eigenvalue weighted by atomic mass is 10.0. The molecular weight excluding hydrogens is 248 g/mol. The van der Waals surface area contributed by atoms with Crippen LogP contribution in [0.25, 0.3) is 0 Å². The maximum Gasteiger partial charge on any atom is 0.158 e. The van der Waals surface area contributed by atoms with Crippen molar-refractivity contribution in [3.05, 3.63) is 59.7 Å². The molecule has 2 aromatic carbocycles. The van der Waals surface area contributed by atoms with E-state index in [0.717, 1.165) is 0 Å². The van der Waals surface area contributed by atoms with E-state index in [9.17, 15) is 0 Å². The minimum atomic E-state index is 0.607. The Balaban J connectivity index is 2.08. The van der Waals surface area contributed by atoms with Crippen molar-refractivity contribution < 1.29 is 0 Å². The second-order valence-electron chi connectivity index (χ2n) is 5.60. The minimum Gasteiger partial charge on any atom is -0.0587 e. The van der Waals surface area contributed by atoms with E-state index >= 15 is 0 Å². The standard InChI is InChI=1S/C18H22S/c1-13(2)15-5-9-17(10-6-15)19-18-11-7-16(8-12-18)14(3)4/h5-14H,1-4H3/p+1. The van der Waals surface area contributed by atoms with Gasteiger partial charge in [-0.25, -0.2) is 0 Å². The summed E-state index contributed by atoms with van der Waals surface area (Å²) >= 11 is 1.29. The van der Waals surface area contributed by atoms with E-state index in [0.29, 0.717) is 11.8 Å². The topological polar surface area (TPSA) is 0 Å². The van der Waals surface area contributed by atoms with Gasteiger partial charge in [-0.1, -0.05) is 52.0 Å². The monoisotopic (exact) mass is 271 g/mol. The van der Waals surface area contributed by atoms with Gasteiger partial charge in [-0.3, -0.25) is 0 Å². The second kappa shape index (κ2) is 6.29. The molecule has 0 atom stereocenters. The molecule has 0 aromatic heterocycles. The van der Waals surface area contributed by atoms with Crippen molar-refractivity contribution in [1.82, 2.24) is 0 Å². The third-order valence-electron chi connectivity index (χ3n) is 3.38. The minimum absolute atomic E-state index is 0.607. The molecule has 1 heteroatoms. The molecule has 0 bridgehead atoms. The average molecular weight is 271 g/mol. The molecule has 2 aromatic rings. The molecule has 0 fully saturated rings. The molecule has 0 radical (unpaired) electrons. The fourth-order valence-electron chi connectivity index (χ4n) is 2.02. The van der Waals surface area contributed by atoms with Crippen LogP contribution in [0.4, 0.5) is 0 Å². The molecule has 0 aliphatic rings. The normalized spacial score (nSPS) is 11.3. The Bertz CT molecular complexity index is 457. The van der Waals surface area contributed by atoms with Crippen LogP contribution in [0.5, 0.6) is 0 Å². The highest BCUT2D eigenvalue weighted by Crippen LogP contribution is 2.20. The summed E-state index contributed by atoms with van der Waals surface area (Å²) in [6, 6.07) is 18.0. The summed E-state index contributed by atoms with van der Waals surface area (Å²) in [6.07, 6.45) is 0. The first-order valence-corrected chi connectivity index (χ1v) is 7.87. The van der Waals surface area contributed by atoms with E-state index in [-0.39, 0.29) is 0 Å². The molecule has 0 spiro atoms. The van der Waals surface area contributed by atoms with E-state index in [1.54, 1.807) is 0 Å². The van der Waals surface area contributed by atoms with Gasteiger partial charge in [0.25, 0.3) is 0 Å². The van der Waals surface area contributed by atoms with Crippen LogP contribution in [-0.4, -0.2) is 0 Å². The molecule has 0 saturated heterocycles. The number of hydrogen-bond acceptors (Lipinski definition) is 0. The molecule has 0 heterocycles. The summed E-state index contributed by atoms with van der Waals surface area (Å²) in [5.41, 5.74) is 2.82. The number of thiol groups is 1. The van der Waals surface area contributed by atoms with E-state index in [1.807, 2.05) is 0 Å². The highest BCUT2D eigenvalue weighted by atomic mass is 32.2. The average Bonchev–Trinajstić information content (AvgIpc) is 2.40. The van der Waals surface area contributed by atoms with Gasteiger partial charge in [0.1, 0.15) is 0 Å². The van der Waals surface area contributed by atoms with E-state index < -0.39 is 0 Å². The summed E-state index contributed by atoms with van der Waals surface area (Å²) < 4.78 is 0. The first-order chi connectivity index (χ1) is 9.06. The van der Waals surface area contributed by atoms with Crippen LogP contribution in [0, 0.1) is 0 Å². The molecule has 19 heavy (non-hydrogen) atoms. The van der Waals surface area contributed by atoms with Crippen LogP contribution in [0.1, 0.15) is 50.7 Å². The van der Waals surface area contributed by atoms with Crippen molar-refractivity contribution in [3.8, 4) is 0 Å².